The summed E-state index contributed by atoms with van der Waals surface area (Å²) in [5, 5.41) is 11.5. The average molecular weight is 344 g/mol. The number of aromatic nitrogens is 1. The van der Waals surface area contributed by atoms with Gasteiger partial charge < -0.3 is 9.73 Å². The first-order valence-corrected chi connectivity index (χ1v) is 7.83. The molecule has 0 atom stereocenters. The van der Waals surface area contributed by atoms with Crippen molar-refractivity contribution in [2.75, 3.05) is 0 Å². The molecule has 2 heterocycles. The van der Waals surface area contributed by atoms with Gasteiger partial charge in [0.05, 0.1) is 33.1 Å². The van der Waals surface area contributed by atoms with Gasteiger partial charge in [-0.2, -0.15) is 5.26 Å². The Balaban J connectivity index is 1.65. The van der Waals surface area contributed by atoms with E-state index in [0.29, 0.717) is 26.4 Å². The van der Waals surface area contributed by atoms with E-state index in [1.807, 2.05) is 0 Å². The lowest BCUT2D eigenvalue weighted by atomic mass is 10.1. The Hall–Kier alpha value is -2.62. The van der Waals surface area contributed by atoms with Crippen molar-refractivity contribution in [3.63, 3.8) is 0 Å². The number of benzene rings is 1. The number of carbonyl (C=O) groups excluding carboxylic acids is 1. The zero-order valence-corrected chi connectivity index (χ0v) is 13.3. The Labute approximate surface area is 141 Å². The molecule has 23 heavy (non-hydrogen) atoms. The van der Waals surface area contributed by atoms with E-state index in [-0.39, 0.29) is 12.5 Å². The van der Waals surface area contributed by atoms with Crippen LogP contribution in [-0.4, -0.2) is 10.9 Å². The van der Waals surface area contributed by atoms with Crippen molar-refractivity contribution in [2.24, 2.45) is 0 Å². The van der Waals surface area contributed by atoms with Crippen LogP contribution >= 0.6 is 22.9 Å². The molecule has 0 aliphatic rings. The number of hydrogen-bond donors (Lipinski definition) is 1. The number of nitriles is 1. The SMILES string of the molecule is N#Cc1ccc(-c2nc(CNC(=O)c3ccc(Cl)s3)co2)cc1. The fourth-order valence-corrected chi connectivity index (χ4v) is 2.86. The number of rotatable bonds is 4. The van der Waals surface area contributed by atoms with Gasteiger partial charge in [-0.25, -0.2) is 4.98 Å². The van der Waals surface area contributed by atoms with E-state index < -0.39 is 0 Å². The summed E-state index contributed by atoms with van der Waals surface area (Å²) in [4.78, 5) is 16.8. The predicted molar refractivity (Wildman–Crippen MR) is 87.2 cm³/mol. The molecule has 1 N–H and O–H groups in total. The Morgan fingerprint density at radius 1 is 1.30 bits per heavy atom. The van der Waals surface area contributed by atoms with Crippen molar-refractivity contribution in [2.45, 2.75) is 6.54 Å². The molecule has 3 rings (SSSR count). The lowest BCUT2D eigenvalue weighted by molar-refractivity contribution is 0.0954. The monoisotopic (exact) mass is 343 g/mol. The van der Waals surface area contributed by atoms with Gasteiger partial charge in [0.15, 0.2) is 0 Å². The molecule has 3 aromatic rings. The molecule has 0 aliphatic carbocycles. The van der Waals surface area contributed by atoms with Crippen LogP contribution in [0.3, 0.4) is 0 Å². The van der Waals surface area contributed by atoms with Crippen LogP contribution in [0.25, 0.3) is 11.5 Å². The van der Waals surface area contributed by atoms with Crippen molar-refractivity contribution in [3.05, 3.63) is 63.1 Å². The second-order valence-electron chi connectivity index (χ2n) is 4.62. The van der Waals surface area contributed by atoms with E-state index in [1.165, 1.54) is 17.6 Å². The summed E-state index contributed by atoms with van der Waals surface area (Å²) in [6, 6.07) is 12.3. The highest BCUT2D eigenvalue weighted by atomic mass is 35.5. The van der Waals surface area contributed by atoms with Crippen LogP contribution in [0.2, 0.25) is 4.34 Å². The molecular weight excluding hydrogens is 334 g/mol. The Kier molecular flexibility index (Phi) is 4.42. The van der Waals surface area contributed by atoms with Gasteiger partial charge in [0.2, 0.25) is 5.89 Å². The molecule has 5 nitrogen and oxygen atoms in total. The van der Waals surface area contributed by atoms with Crippen molar-refractivity contribution in [1.82, 2.24) is 10.3 Å². The van der Waals surface area contributed by atoms with Crippen LogP contribution in [0.4, 0.5) is 0 Å². The number of amides is 1. The van der Waals surface area contributed by atoms with E-state index in [0.717, 1.165) is 5.56 Å². The highest BCUT2D eigenvalue weighted by Crippen LogP contribution is 2.22. The highest BCUT2D eigenvalue weighted by Gasteiger charge is 2.11. The van der Waals surface area contributed by atoms with E-state index in [2.05, 4.69) is 16.4 Å². The van der Waals surface area contributed by atoms with Crippen LogP contribution in [0.5, 0.6) is 0 Å². The Morgan fingerprint density at radius 3 is 2.74 bits per heavy atom. The number of nitrogens with one attached hydrogen (secondary N) is 1. The van der Waals surface area contributed by atoms with Crippen molar-refractivity contribution in [3.8, 4) is 17.5 Å². The normalized spacial score (nSPS) is 10.3. The van der Waals surface area contributed by atoms with Crippen LogP contribution < -0.4 is 5.32 Å². The van der Waals surface area contributed by atoms with Gasteiger partial charge >= 0.3 is 0 Å². The first-order valence-electron chi connectivity index (χ1n) is 6.64. The summed E-state index contributed by atoms with van der Waals surface area (Å²) in [5.41, 5.74) is 1.95. The van der Waals surface area contributed by atoms with Gasteiger partial charge in [-0.15, -0.1) is 11.3 Å². The third-order valence-electron chi connectivity index (χ3n) is 3.04. The molecule has 7 heteroatoms. The summed E-state index contributed by atoms with van der Waals surface area (Å²) in [7, 11) is 0. The minimum Gasteiger partial charge on any atom is -0.444 e. The van der Waals surface area contributed by atoms with E-state index in [9.17, 15) is 4.79 Å². The molecule has 2 aromatic heterocycles. The number of hydrogen-bond acceptors (Lipinski definition) is 5. The maximum Gasteiger partial charge on any atom is 0.261 e. The van der Waals surface area contributed by atoms with Crippen molar-refractivity contribution < 1.29 is 9.21 Å². The van der Waals surface area contributed by atoms with Crippen LogP contribution in [0.15, 0.2) is 47.1 Å². The summed E-state index contributed by atoms with van der Waals surface area (Å²) in [5.74, 6) is 0.239. The number of nitrogens with zero attached hydrogens (tertiary/aromatic N) is 2. The second-order valence-corrected chi connectivity index (χ2v) is 6.33. The molecule has 114 valence electrons. The van der Waals surface area contributed by atoms with Gasteiger partial charge in [-0.1, -0.05) is 11.6 Å². The second kappa shape index (κ2) is 6.65. The lowest BCUT2D eigenvalue weighted by Gasteiger charge is -1.99. The van der Waals surface area contributed by atoms with E-state index in [4.69, 9.17) is 21.3 Å². The van der Waals surface area contributed by atoms with Gasteiger partial charge in [0.25, 0.3) is 5.91 Å². The topological polar surface area (TPSA) is 78.9 Å². The van der Waals surface area contributed by atoms with Gasteiger partial charge in [-0.05, 0) is 36.4 Å². The molecule has 0 aliphatic heterocycles. The van der Waals surface area contributed by atoms with Crippen molar-refractivity contribution in [1.29, 1.82) is 5.26 Å². The zero-order valence-electron chi connectivity index (χ0n) is 11.7. The molecule has 1 amide bonds. The van der Waals surface area contributed by atoms with Gasteiger partial charge in [0, 0.05) is 5.56 Å². The fraction of sp³-hybridized carbons (Fsp3) is 0.0625. The maximum absolute atomic E-state index is 11.9. The minimum absolute atomic E-state index is 0.204. The largest absolute Gasteiger partial charge is 0.444 e. The minimum atomic E-state index is -0.204. The summed E-state index contributed by atoms with van der Waals surface area (Å²) >= 11 is 7.03. The van der Waals surface area contributed by atoms with Crippen LogP contribution in [-0.2, 0) is 6.54 Å². The lowest BCUT2D eigenvalue weighted by Crippen LogP contribution is -2.21. The third-order valence-corrected chi connectivity index (χ3v) is 4.27. The standard InChI is InChI=1S/C16H10ClN3O2S/c17-14-6-5-13(23-14)15(21)19-8-12-9-22-16(20-12)11-3-1-10(7-18)2-4-11/h1-6,9H,8H2,(H,19,21). The number of thiophene rings is 1. The third kappa shape index (κ3) is 3.59. The molecule has 0 saturated heterocycles. The molecule has 0 fully saturated rings. The number of carbonyl (C=O) groups is 1. The van der Waals surface area contributed by atoms with Gasteiger partial charge in [0.1, 0.15) is 6.26 Å². The first-order chi connectivity index (χ1) is 11.2. The molecule has 0 unspecified atom stereocenters. The quantitative estimate of drug-likeness (QED) is 0.780. The zero-order chi connectivity index (χ0) is 16.2. The Morgan fingerprint density at radius 2 is 2.09 bits per heavy atom. The maximum atomic E-state index is 11.9. The molecule has 0 saturated carbocycles. The Bertz CT molecular complexity index is 877. The van der Waals surface area contributed by atoms with E-state index in [1.54, 1.807) is 36.4 Å². The smallest absolute Gasteiger partial charge is 0.261 e. The highest BCUT2D eigenvalue weighted by molar-refractivity contribution is 7.17. The average Bonchev–Trinajstić information content (AvgIpc) is 3.22. The molecule has 1 aromatic carbocycles. The molecule has 0 spiro atoms. The summed E-state index contributed by atoms with van der Waals surface area (Å²) < 4.78 is 5.97. The van der Waals surface area contributed by atoms with E-state index >= 15 is 0 Å². The fourth-order valence-electron chi connectivity index (χ4n) is 1.90. The first kappa shape index (κ1) is 15.3. The van der Waals surface area contributed by atoms with Crippen molar-refractivity contribution >= 4 is 28.8 Å². The number of halogens is 1. The van der Waals surface area contributed by atoms with Crippen LogP contribution in [0, 0.1) is 11.3 Å². The summed E-state index contributed by atoms with van der Waals surface area (Å²) in [6.07, 6.45) is 1.50. The number of oxazole rings is 1. The summed E-state index contributed by atoms with van der Waals surface area (Å²) in [6.45, 7) is 0.258. The predicted octanol–water partition coefficient (Wildman–Crippen LogP) is 3.86. The van der Waals surface area contributed by atoms with Crippen LogP contribution in [0.1, 0.15) is 20.9 Å². The molecular formula is C16H10ClN3O2S. The molecule has 0 bridgehead atoms. The van der Waals surface area contributed by atoms with Gasteiger partial charge in [-0.3, -0.25) is 4.79 Å². The molecule has 0 radical (unpaired) electrons.